The van der Waals surface area contributed by atoms with Crippen molar-refractivity contribution in [3.63, 3.8) is 0 Å². The topological polar surface area (TPSA) is 84.0 Å². The van der Waals surface area contributed by atoms with Crippen LogP contribution >= 0.6 is 0 Å². The fraction of sp³-hybridized carbons (Fsp3) is 0.737. The minimum atomic E-state index is 0.274. The summed E-state index contributed by atoms with van der Waals surface area (Å²) in [6.45, 7) is 5.39. The van der Waals surface area contributed by atoms with Gasteiger partial charge in [-0.2, -0.15) is 0 Å². The number of nitrogens with one attached hydrogen (secondary N) is 1. The molecule has 0 amide bonds. The third kappa shape index (κ3) is 4.39. The first-order chi connectivity index (χ1) is 13.3. The number of aliphatic hydroxyl groups excluding tert-OH is 1. The first-order valence-corrected chi connectivity index (χ1v) is 10.3. The zero-order valence-electron chi connectivity index (χ0n) is 16.0. The zero-order valence-corrected chi connectivity index (χ0v) is 16.0. The third-order valence-corrected chi connectivity index (χ3v) is 5.94. The van der Waals surface area contributed by atoms with Crippen LogP contribution in [-0.4, -0.2) is 73.4 Å². The van der Waals surface area contributed by atoms with Gasteiger partial charge in [-0.25, -0.2) is 9.67 Å². The second kappa shape index (κ2) is 8.95. The molecule has 2 aliphatic rings. The van der Waals surface area contributed by atoms with Gasteiger partial charge in [-0.1, -0.05) is 11.6 Å². The van der Waals surface area contributed by atoms with E-state index in [4.69, 9.17) is 0 Å². The van der Waals surface area contributed by atoms with Gasteiger partial charge in [0.15, 0.2) is 5.82 Å². The molecule has 8 nitrogen and oxygen atoms in total. The van der Waals surface area contributed by atoms with Gasteiger partial charge >= 0.3 is 0 Å². The van der Waals surface area contributed by atoms with Gasteiger partial charge in [-0.15, -0.1) is 5.10 Å². The molecular weight excluding hydrogens is 342 g/mol. The maximum Gasteiger partial charge on any atom is 0.162 e. The van der Waals surface area contributed by atoms with E-state index in [-0.39, 0.29) is 6.61 Å². The largest absolute Gasteiger partial charge is 0.395 e. The quantitative estimate of drug-likeness (QED) is 0.761. The molecular formula is C19H31N7O. The fourth-order valence-corrected chi connectivity index (χ4v) is 4.36. The van der Waals surface area contributed by atoms with Gasteiger partial charge in [-0.05, 0) is 51.7 Å². The number of nitrogens with zero attached hydrogens (tertiary/aromatic N) is 6. The molecule has 0 aliphatic carbocycles. The lowest BCUT2D eigenvalue weighted by Gasteiger charge is -2.34. The minimum Gasteiger partial charge on any atom is -0.395 e. The molecule has 2 saturated heterocycles. The smallest absolute Gasteiger partial charge is 0.162 e. The van der Waals surface area contributed by atoms with Crippen LogP contribution in [0.1, 0.15) is 44.6 Å². The second-order valence-corrected chi connectivity index (χ2v) is 7.73. The number of piperidine rings is 2. The van der Waals surface area contributed by atoms with Crippen LogP contribution in [0, 0.1) is 0 Å². The van der Waals surface area contributed by atoms with Gasteiger partial charge in [-0.3, -0.25) is 4.90 Å². The van der Waals surface area contributed by atoms with E-state index in [1.54, 1.807) is 0 Å². The molecule has 0 unspecified atom stereocenters. The van der Waals surface area contributed by atoms with Gasteiger partial charge in [0.25, 0.3) is 0 Å². The van der Waals surface area contributed by atoms with Crippen LogP contribution in [0.4, 0.5) is 0 Å². The monoisotopic (exact) mass is 373 g/mol. The van der Waals surface area contributed by atoms with Crippen LogP contribution in [0.15, 0.2) is 18.6 Å². The first kappa shape index (κ1) is 18.6. The first-order valence-electron chi connectivity index (χ1n) is 10.3. The molecule has 0 saturated carbocycles. The maximum absolute atomic E-state index is 9.57. The molecule has 0 bridgehead atoms. The van der Waals surface area contributed by atoms with Gasteiger partial charge < -0.3 is 15.0 Å². The van der Waals surface area contributed by atoms with Crippen molar-refractivity contribution in [2.45, 2.75) is 57.2 Å². The maximum atomic E-state index is 9.57. The molecule has 2 N–H and O–H groups in total. The van der Waals surface area contributed by atoms with Crippen LogP contribution in [0.5, 0.6) is 0 Å². The van der Waals surface area contributed by atoms with Crippen LogP contribution in [0.3, 0.4) is 0 Å². The summed E-state index contributed by atoms with van der Waals surface area (Å²) in [6.07, 6.45) is 12.7. The molecule has 1 atom stereocenters. The number of hydrogen-bond acceptors (Lipinski definition) is 6. The van der Waals surface area contributed by atoms with E-state index in [1.807, 2.05) is 23.3 Å². The van der Waals surface area contributed by atoms with Crippen LogP contribution < -0.4 is 5.32 Å². The highest BCUT2D eigenvalue weighted by atomic mass is 16.3. The molecule has 2 aromatic heterocycles. The highest BCUT2D eigenvalue weighted by molar-refractivity contribution is 5.47. The molecule has 4 heterocycles. The SMILES string of the molecule is OC[C@@H]1CCCCN1CCCn1ccnc1-c1cn(C2CCNCC2)nn1. The Morgan fingerprint density at radius 3 is 2.89 bits per heavy atom. The van der Waals surface area contributed by atoms with E-state index in [0.717, 1.165) is 69.9 Å². The predicted molar refractivity (Wildman–Crippen MR) is 103 cm³/mol. The van der Waals surface area contributed by atoms with Crippen molar-refractivity contribution in [1.82, 2.24) is 34.8 Å². The molecule has 4 rings (SSSR count). The average Bonchev–Trinajstić information content (AvgIpc) is 3.38. The Balaban J connectivity index is 1.36. The normalized spacial score (nSPS) is 22.3. The third-order valence-electron chi connectivity index (χ3n) is 5.94. The Kier molecular flexibility index (Phi) is 6.16. The highest BCUT2D eigenvalue weighted by Crippen LogP contribution is 2.21. The lowest BCUT2D eigenvalue weighted by atomic mass is 10.0. The molecule has 8 heteroatoms. The van der Waals surface area contributed by atoms with Crippen molar-refractivity contribution in [2.75, 3.05) is 32.8 Å². The number of aliphatic hydroxyl groups is 1. The summed E-state index contributed by atoms with van der Waals surface area (Å²) in [4.78, 5) is 6.96. The van der Waals surface area contributed by atoms with Crippen molar-refractivity contribution in [1.29, 1.82) is 0 Å². The highest BCUT2D eigenvalue weighted by Gasteiger charge is 2.21. The van der Waals surface area contributed by atoms with Crippen molar-refractivity contribution in [3.8, 4) is 11.5 Å². The van der Waals surface area contributed by atoms with Crippen molar-refractivity contribution < 1.29 is 5.11 Å². The minimum absolute atomic E-state index is 0.274. The molecule has 0 aromatic carbocycles. The van der Waals surface area contributed by atoms with Crippen molar-refractivity contribution in [3.05, 3.63) is 18.6 Å². The van der Waals surface area contributed by atoms with E-state index in [9.17, 15) is 5.11 Å². The summed E-state index contributed by atoms with van der Waals surface area (Å²) in [5, 5.41) is 21.7. The van der Waals surface area contributed by atoms with Crippen LogP contribution in [0.2, 0.25) is 0 Å². The molecule has 2 fully saturated rings. The van der Waals surface area contributed by atoms with Crippen LogP contribution in [0.25, 0.3) is 11.5 Å². The van der Waals surface area contributed by atoms with Gasteiger partial charge in [0.2, 0.25) is 0 Å². The second-order valence-electron chi connectivity index (χ2n) is 7.73. The number of rotatable bonds is 7. The number of aromatic nitrogens is 5. The van der Waals surface area contributed by atoms with Crippen molar-refractivity contribution >= 4 is 0 Å². The molecule has 0 radical (unpaired) electrons. The molecule has 148 valence electrons. The lowest BCUT2D eigenvalue weighted by molar-refractivity contribution is 0.0882. The van der Waals surface area contributed by atoms with Crippen LogP contribution in [-0.2, 0) is 6.54 Å². The predicted octanol–water partition coefficient (Wildman–Crippen LogP) is 1.30. The molecule has 27 heavy (non-hydrogen) atoms. The standard InChI is InChI=1S/C19H31N7O/c27-15-17-4-1-2-10-24(17)11-3-12-25-13-9-21-19(25)18-14-26(23-22-18)16-5-7-20-8-6-16/h9,13-14,16-17,20,27H,1-8,10-12,15H2/t17-/m0/s1. The number of imidazole rings is 1. The van der Waals surface area contributed by atoms with E-state index >= 15 is 0 Å². The summed E-state index contributed by atoms with van der Waals surface area (Å²) in [7, 11) is 0. The number of aryl methyl sites for hydroxylation is 1. The lowest BCUT2D eigenvalue weighted by Crippen LogP contribution is -2.42. The molecule has 2 aromatic rings. The summed E-state index contributed by atoms with van der Waals surface area (Å²) < 4.78 is 4.18. The van der Waals surface area contributed by atoms with E-state index in [2.05, 4.69) is 30.1 Å². The Labute approximate surface area is 160 Å². The fourth-order valence-electron chi connectivity index (χ4n) is 4.36. The van der Waals surface area contributed by atoms with E-state index in [1.165, 1.54) is 12.8 Å². The Hall–Kier alpha value is -1.77. The number of likely N-dealkylation sites (tertiary alicyclic amines) is 1. The molecule has 0 spiro atoms. The summed E-state index contributed by atoms with van der Waals surface area (Å²) in [5.41, 5.74) is 0.852. The van der Waals surface area contributed by atoms with Gasteiger partial charge in [0, 0.05) is 31.5 Å². The average molecular weight is 374 g/mol. The Bertz CT molecular complexity index is 706. The van der Waals surface area contributed by atoms with Gasteiger partial charge in [0.1, 0.15) is 5.69 Å². The van der Waals surface area contributed by atoms with E-state index in [0.29, 0.717) is 12.1 Å². The molecule has 2 aliphatic heterocycles. The zero-order chi connectivity index (χ0) is 18.5. The van der Waals surface area contributed by atoms with E-state index < -0.39 is 0 Å². The Morgan fingerprint density at radius 1 is 1.15 bits per heavy atom. The summed E-state index contributed by atoms with van der Waals surface area (Å²) >= 11 is 0. The van der Waals surface area contributed by atoms with Gasteiger partial charge in [0.05, 0.1) is 18.8 Å². The number of hydrogen-bond donors (Lipinski definition) is 2. The summed E-state index contributed by atoms with van der Waals surface area (Å²) in [6, 6.07) is 0.774. The Morgan fingerprint density at radius 2 is 2.04 bits per heavy atom. The van der Waals surface area contributed by atoms with Crippen molar-refractivity contribution in [2.24, 2.45) is 0 Å². The summed E-state index contributed by atoms with van der Waals surface area (Å²) in [5.74, 6) is 0.896.